The van der Waals surface area contributed by atoms with E-state index in [0.29, 0.717) is 17.9 Å². The van der Waals surface area contributed by atoms with Gasteiger partial charge in [0, 0.05) is 5.03 Å². The van der Waals surface area contributed by atoms with E-state index in [4.69, 9.17) is 16.7 Å². The summed E-state index contributed by atoms with van der Waals surface area (Å²) >= 11 is 5.85. The van der Waals surface area contributed by atoms with E-state index < -0.39 is 0 Å². The second-order valence-corrected chi connectivity index (χ2v) is 4.34. The first-order valence-electron chi connectivity index (χ1n) is 4.95. The molecule has 0 bridgehead atoms. The second kappa shape index (κ2) is 3.94. The van der Waals surface area contributed by atoms with E-state index >= 15 is 0 Å². The van der Waals surface area contributed by atoms with Crippen LogP contribution in [0.1, 0.15) is 12.8 Å². The quantitative estimate of drug-likeness (QED) is 0.702. The van der Waals surface area contributed by atoms with Gasteiger partial charge in [-0.3, -0.25) is 14.5 Å². The average Bonchev–Trinajstić information content (AvgIpc) is 2.44. The third-order valence-corrected chi connectivity index (χ3v) is 3.29. The van der Waals surface area contributed by atoms with Gasteiger partial charge in [-0.2, -0.15) is 0 Å². The summed E-state index contributed by atoms with van der Waals surface area (Å²) < 4.78 is 0. The molecule has 0 saturated carbocycles. The van der Waals surface area contributed by atoms with Crippen molar-refractivity contribution in [1.82, 2.24) is 4.90 Å². The molecular weight excluding hydrogens is 218 g/mol. The maximum Gasteiger partial charge on any atom is 0.233 e. The Hall–Kier alpha value is -0.870. The van der Waals surface area contributed by atoms with Crippen LogP contribution in [0.15, 0.2) is 11.1 Å². The minimum absolute atomic E-state index is 0.0995. The first kappa shape index (κ1) is 10.6. The lowest BCUT2D eigenvalue weighted by molar-refractivity contribution is -0.140. The Morgan fingerprint density at radius 1 is 1.40 bits per heavy atom. The number of aliphatic hydroxyl groups excluding tert-OH is 1. The van der Waals surface area contributed by atoms with Gasteiger partial charge < -0.3 is 5.11 Å². The van der Waals surface area contributed by atoms with Gasteiger partial charge in [-0.25, -0.2) is 0 Å². The molecule has 82 valence electrons. The molecule has 0 aromatic carbocycles. The molecule has 1 fully saturated rings. The Kier molecular flexibility index (Phi) is 2.80. The molecule has 1 aliphatic heterocycles. The molecule has 0 aromatic heterocycles. The van der Waals surface area contributed by atoms with Crippen LogP contribution in [0.3, 0.4) is 0 Å². The number of halogens is 1. The molecule has 2 amide bonds. The predicted octanol–water partition coefficient (Wildman–Crippen LogP) is 0.496. The fraction of sp³-hybridized carbons (Fsp3) is 0.600. The van der Waals surface area contributed by atoms with Gasteiger partial charge in [0.15, 0.2) is 0 Å². The molecule has 15 heavy (non-hydrogen) atoms. The first-order valence-corrected chi connectivity index (χ1v) is 5.33. The SMILES string of the molecule is O=C1C2CC=C(Cl)CC2C(=O)N1CCO. The molecule has 0 aromatic rings. The number of hydrogen-bond donors (Lipinski definition) is 1. The zero-order chi connectivity index (χ0) is 11.0. The third-order valence-electron chi connectivity index (χ3n) is 2.98. The van der Waals surface area contributed by atoms with Crippen molar-refractivity contribution in [3.8, 4) is 0 Å². The number of carbonyl (C=O) groups is 2. The summed E-state index contributed by atoms with van der Waals surface area (Å²) in [5, 5.41) is 9.42. The van der Waals surface area contributed by atoms with Crippen LogP contribution < -0.4 is 0 Å². The summed E-state index contributed by atoms with van der Waals surface area (Å²) in [5.41, 5.74) is 0. The van der Waals surface area contributed by atoms with Crippen LogP contribution in [-0.4, -0.2) is 35.0 Å². The highest BCUT2D eigenvalue weighted by Crippen LogP contribution is 2.38. The lowest BCUT2D eigenvalue weighted by atomic mass is 9.85. The highest BCUT2D eigenvalue weighted by molar-refractivity contribution is 6.30. The van der Waals surface area contributed by atoms with Gasteiger partial charge >= 0.3 is 0 Å². The Balaban J connectivity index is 2.20. The van der Waals surface area contributed by atoms with Gasteiger partial charge in [-0.1, -0.05) is 17.7 Å². The van der Waals surface area contributed by atoms with Crippen LogP contribution in [0.25, 0.3) is 0 Å². The van der Waals surface area contributed by atoms with Crippen LogP contribution in [0.4, 0.5) is 0 Å². The van der Waals surface area contributed by atoms with Crippen molar-refractivity contribution in [2.45, 2.75) is 12.8 Å². The summed E-state index contributed by atoms with van der Waals surface area (Å²) in [7, 11) is 0. The highest BCUT2D eigenvalue weighted by atomic mass is 35.5. The Morgan fingerprint density at radius 3 is 2.73 bits per heavy atom. The van der Waals surface area contributed by atoms with Crippen LogP contribution in [0, 0.1) is 11.8 Å². The van der Waals surface area contributed by atoms with Crippen molar-refractivity contribution in [3.63, 3.8) is 0 Å². The highest BCUT2D eigenvalue weighted by Gasteiger charge is 2.47. The fourth-order valence-electron chi connectivity index (χ4n) is 2.22. The van der Waals surface area contributed by atoms with Crippen LogP contribution in [0.5, 0.6) is 0 Å². The van der Waals surface area contributed by atoms with E-state index in [-0.39, 0.29) is 36.8 Å². The molecule has 1 saturated heterocycles. The molecule has 1 heterocycles. The Labute approximate surface area is 92.5 Å². The van der Waals surface area contributed by atoms with Crippen molar-refractivity contribution in [2.75, 3.05) is 13.2 Å². The van der Waals surface area contributed by atoms with Crippen molar-refractivity contribution in [1.29, 1.82) is 0 Å². The van der Waals surface area contributed by atoms with Crippen molar-refractivity contribution >= 4 is 23.4 Å². The number of rotatable bonds is 2. The van der Waals surface area contributed by atoms with Gasteiger partial charge in [0.05, 0.1) is 25.0 Å². The molecule has 0 radical (unpaired) electrons. The number of allylic oxidation sites excluding steroid dienone is 2. The summed E-state index contributed by atoms with van der Waals surface area (Å²) in [6.45, 7) is -0.0830. The van der Waals surface area contributed by atoms with E-state index in [1.807, 2.05) is 0 Å². The number of nitrogens with zero attached hydrogens (tertiary/aromatic N) is 1. The average molecular weight is 230 g/mol. The molecule has 1 aliphatic carbocycles. The Morgan fingerprint density at radius 2 is 2.07 bits per heavy atom. The zero-order valence-corrected chi connectivity index (χ0v) is 8.91. The maximum atomic E-state index is 11.8. The normalized spacial score (nSPS) is 30.5. The number of hydrogen-bond acceptors (Lipinski definition) is 3. The van der Waals surface area contributed by atoms with Crippen LogP contribution >= 0.6 is 11.6 Å². The molecule has 5 heteroatoms. The van der Waals surface area contributed by atoms with Gasteiger partial charge in [0.2, 0.25) is 11.8 Å². The number of fused-ring (bicyclic) bond motifs is 1. The number of imide groups is 1. The van der Waals surface area contributed by atoms with Crippen molar-refractivity contribution in [3.05, 3.63) is 11.1 Å². The molecule has 2 aliphatic rings. The second-order valence-electron chi connectivity index (χ2n) is 3.86. The van der Waals surface area contributed by atoms with E-state index in [9.17, 15) is 9.59 Å². The van der Waals surface area contributed by atoms with E-state index in [1.165, 1.54) is 0 Å². The van der Waals surface area contributed by atoms with E-state index in [1.54, 1.807) is 6.08 Å². The zero-order valence-electron chi connectivity index (χ0n) is 8.15. The fourth-order valence-corrected chi connectivity index (χ4v) is 2.47. The van der Waals surface area contributed by atoms with Crippen LogP contribution in [-0.2, 0) is 9.59 Å². The van der Waals surface area contributed by atoms with Gasteiger partial charge in [-0.05, 0) is 12.8 Å². The lowest BCUT2D eigenvalue weighted by Crippen LogP contribution is -2.33. The molecule has 1 N–H and O–H groups in total. The monoisotopic (exact) mass is 229 g/mol. The summed E-state index contributed by atoms with van der Waals surface area (Å²) in [6, 6.07) is 0. The van der Waals surface area contributed by atoms with Crippen molar-refractivity contribution < 1.29 is 14.7 Å². The van der Waals surface area contributed by atoms with Crippen LogP contribution in [0.2, 0.25) is 0 Å². The Bertz CT molecular complexity index is 340. The summed E-state index contributed by atoms with van der Waals surface area (Å²) in [6.07, 6.45) is 2.80. The third kappa shape index (κ3) is 1.68. The lowest BCUT2D eigenvalue weighted by Gasteiger charge is -2.17. The number of amides is 2. The van der Waals surface area contributed by atoms with Gasteiger partial charge in [0.25, 0.3) is 0 Å². The summed E-state index contributed by atoms with van der Waals surface area (Å²) in [4.78, 5) is 24.7. The first-order chi connectivity index (χ1) is 7.15. The molecule has 4 nitrogen and oxygen atoms in total. The van der Waals surface area contributed by atoms with Gasteiger partial charge in [-0.15, -0.1) is 0 Å². The number of aliphatic hydroxyl groups is 1. The topological polar surface area (TPSA) is 57.6 Å². The van der Waals surface area contributed by atoms with E-state index in [2.05, 4.69) is 0 Å². The molecule has 2 rings (SSSR count). The van der Waals surface area contributed by atoms with Gasteiger partial charge in [0.1, 0.15) is 0 Å². The minimum Gasteiger partial charge on any atom is -0.395 e. The minimum atomic E-state index is -0.304. The number of β-amino-alcohol motifs (C(OH)–C–C–N with tert-alkyl or cyclic N) is 1. The molecule has 2 unspecified atom stereocenters. The number of likely N-dealkylation sites (tertiary alicyclic amines) is 1. The smallest absolute Gasteiger partial charge is 0.233 e. The maximum absolute atomic E-state index is 11.8. The number of carbonyl (C=O) groups excluding carboxylic acids is 2. The molecule has 0 spiro atoms. The van der Waals surface area contributed by atoms with E-state index in [0.717, 1.165) is 4.90 Å². The molecular formula is C10H12ClNO3. The molecule has 2 atom stereocenters. The summed E-state index contributed by atoms with van der Waals surface area (Å²) in [5.74, 6) is -0.919. The largest absolute Gasteiger partial charge is 0.395 e. The predicted molar refractivity (Wildman–Crippen MR) is 54.0 cm³/mol. The standard InChI is InChI=1S/C10H12ClNO3/c11-6-1-2-7-8(5-6)10(15)12(3-4-13)9(7)14/h1,7-8,13H,2-5H2. The van der Waals surface area contributed by atoms with Crippen molar-refractivity contribution in [2.24, 2.45) is 11.8 Å².